The summed E-state index contributed by atoms with van der Waals surface area (Å²) in [7, 11) is 0. The molecule has 1 aromatic heterocycles. The van der Waals surface area contributed by atoms with Gasteiger partial charge in [0.15, 0.2) is 0 Å². The van der Waals surface area contributed by atoms with Gasteiger partial charge in [-0.05, 0) is 25.8 Å². The number of fused-ring (bicyclic) bond motifs is 1. The summed E-state index contributed by atoms with van der Waals surface area (Å²) in [5.74, 6) is 0.132. The Kier molecular flexibility index (Phi) is 3.98. The lowest BCUT2D eigenvalue weighted by Crippen LogP contribution is -2.41. The van der Waals surface area contributed by atoms with Crippen LogP contribution in [0, 0.1) is 0 Å². The van der Waals surface area contributed by atoms with E-state index in [2.05, 4.69) is 15.2 Å². The van der Waals surface area contributed by atoms with Gasteiger partial charge in [-0.3, -0.25) is 9.69 Å². The molecule has 0 radical (unpaired) electrons. The van der Waals surface area contributed by atoms with Crippen molar-refractivity contribution in [3.63, 3.8) is 0 Å². The molecule has 0 aromatic carbocycles. The van der Waals surface area contributed by atoms with Gasteiger partial charge in [0.25, 0.3) is 0 Å². The lowest BCUT2D eigenvalue weighted by molar-refractivity contribution is -0.132. The van der Waals surface area contributed by atoms with E-state index < -0.39 is 0 Å². The van der Waals surface area contributed by atoms with Crippen LogP contribution in [0.15, 0.2) is 6.20 Å². The van der Waals surface area contributed by atoms with E-state index in [0.717, 1.165) is 31.7 Å². The van der Waals surface area contributed by atoms with Gasteiger partial charge in [-0.25, -0.2) is 4.68 Å². The average Bonchev–Trinajstić information content (AvgIpc) is 3.03. The molecule has 7 nitrogen and oxygen atoms in total. The van der Waals surface area contributed by atoms with Crippen LogP contribution in [0.1, 0.15) is 25.0 Å². The van der Waals surface area contributed by atoms with Crippen LogP contribution in [-0.2, 0) is 17.9 Å². The number of carbonyl (C=O) groups is 1. The molecule has 2 aliphatic rings. The van der Waals surface area contributed by atoms with E-state index in [4.69, 9.17) is 5.73 Å². The third-order valence-corrected chi connectivity index (χ3v) is 4.25. The Morgan fingerprint density at radius 2 is 2.20 bits per heavy atom. The van der Waals surface area contributed by atoms with Gasteiger partial charge in [0.1, 0.15) is 6.54 Å². The Morgan fingerprint density at radius 1 is 1.35 bits per heavy atom. The molecule has 2 N–H and O–H groups in total. The monoisotopic (exact) mass is 278 g/mol. The first kappa shape index (κ1) is 13.5. The molecule has 0 aliphatic carbocycles. The molecule has 1 aromatic rings. The standard InChI is InChI=1S/C13H22N6O/c14-7-11-8-19(16-15-11)10-13(20)18-6-2-5-17-4-1-3-12(17)9-18/h8,12H,1-7,9-10,14H2. The Balaban J connectivity index is 1.61. The van der Waals surface area contributed by atoms with Crippen molar-refractivity contribution in [2.45, 2.75) is 38.4 Å². The summed E-state index contributed by atoms with van der Waals surface area (Å²) in [5, 5.41) is 7.85. The van der Waals surface area contributed by atoms with Crippen LogP contribution in [0.25, 0.3) is 0 Å². The predicted octanol–water partition coefficient (Wildman–Crippen LogP) is -0.566. The number of hydrogen-bond donors (Lipinski definition) is 1. The molecule has 0 saturated carbocycles. The number of amides is 1. The van der Waals surface area contributed by atoms with Gasteiger partial charge in [0.2, 0.25) is 5.91 Å². The molecule has 7 heteroatoms. The largest absolute Gasteiger partial charge is 0.339 e. The minimum atomic E-state index is 0.132. The summed E-state index contributed by atoms with van der Waals surface area (Å²) in [4.78, 5) is 16.9. The van der Waals surface area contributed by atoms with Gasteiger partial charge in [0.05, 0.1) is 11.9 Å². The predicted molar refractivity (Wildman–Crippen MR) is 73.7 cm³/mol. The highest BCUT2D eigenvalue weighted by Gasteiger charge is 2.30. The summed E-state index contributed by atoms with van der Waals surface area (Å²) in [6, 6.07) is 0.553. The van der Waals surface area contributed by atoms with Crippen molar-refractivity contribution in [2.24, 2.45) is 5.73 Å². The lowest BCUT2D eigenvalue weighted by Gasteiger charge is -2.25. The van der Waals surface area contributed by atoms with E-state index in [9.17, 15) is 4.79 Å². The molecule has 0 spiro atoms. The molecule has 2 saturated heterocycles. The van der Waals surface area contributed by atoms with Crippen molar-refractivity contribution in [1.29, 1.82) is 0 Å². The minimum absolute atomic E-state index is 0.132. The molecular weight excluding hydrogens is 256 g/mol. The smallest absolute Gasteiger partial charge is 0.244 e. The van der Waals surface area contributed by atoms with Gasteiger partial charge >= 0.3 is 0 Å². The normalized spacial score (nSPS) is 23.6. The van der Waals surface area contributed by atoms with E-state index in [1.165, 1.54) is 19.4 Å². The van der Waals surface area contributed by atoms with E-state index in [1.54, 1.807) is 10.9 Å². The maximum absolute atomic E-state index is 12.4. The number of carbonyl (C=O) groups excluding carboxylic acids is 1. The lowest BCUT2D eigenvalue weighted by atomic mass is 10.2. The fourth-order valence-electron chi connectivity index (χ4n) is 3.18. The molecule has 2 fully saturated rings. The van der Waals surface area contributed by atoms with Gasteiger partial charge < -0.3 is 10.6 Å². The van der Waals surface area contributed by atoms with Gasteiger partial charge in [-0.1, -0.05) is 5.21 Å². The number of nitrogens with two attached hydrogens (primary N) is 1. The maximum atomic E-state index is 12.4. The number of hydrogen-bond acceptors (Lipinski definition) is 5. The van der Waals surface area contributed by atoms with Crippen LogP contribution in [-0.4, -0.2) is 62.9 Å². The van der Waals surface area contributed by atoms with E-state index >= 15 is 0 Å². The van der Waals surface area contributed by atoms with Crippen LogP contribution in [0.5, 0.6) is 0 Å². The quantitative estimate of drug-likeness (QED) is 0.801. The molecule has 2 aliphatic heterocycles. The fraction of sp³-hybridized carbons (Fsp3) is 0.769. The summed E-state index contributed by atoms with van der Waals surface area (Å²) in [6.07, 6.45) is 5.28. The highest BCUT2D eigenvalue weighted by Crippen LogP contribution is 2.21. The van der Waals surface area contributed by atoms with Crippen LogP contribution >= 0.6 is 0 Å². The highest BCUT2D eigenvalue weighted by molar-refractivity contribution is 5.76. The molecule has 1 unspecified atom stereocenters. The van der Waals surface area contributed by atoms with Crippen LogP contribution < -0.4 is 5.73 Å². The molecule has 20 heavy (non-hydrogen) atoms. The molecule has 0 bridgehead atoms. The maximum Gasteiger partial charge on any atom is 0.244 e. The van der Waals surface area contributed by atoms with Crippen molar-refractivity contribution in [1.82, 2.24) is 24.8 Å². The first-order valence-corrected chi connectivity index (χ1v) is 7.37. The van der Waals surface area contributed by atoms with Gasteiger partial charge in [-0.15, -0.1) is 5.10 Å². The minimum Gasteiger partial charge on any atom is -0.339 e. The number of rotatable bonds is 3. The highest BCUT2D eigenvalue weighted by atomic mass is 16.2. The molecular formula is C13H22N6O. The first-order valence-electron chi connectivity index (χ1n) is 7.37. The van der Waals surface area contributed by atoms with Crippen molar-refractivity contribution in [3.05, 3.63) is 11.9 Å². The van der Waals surface area contributed by atoms with Crippen LogP contribution in [0.3, 0.4) is 0 Å². The van der Waals surface area contributed by atoms with Gasteiger partial charge in [-0.2, -0.15) is 0 Å². The summed E-state index contributed by atoms with van der Waals surface area (Å²) >= 11 is 0. The Bertz CT molecular complexity index is 473. The number of nitrogens with zero attached hydrogens (tertiary/aromatic N) is 5. The average molecular weight is 278 g/mol. The Morgan fingerprint density at radius 3 is 3.00 bits per heavy atom. The van der Waals surface area contributed by atoms with E-state index in [0.29, 0.717) is 12.6 Å². The van der Waals surface area contributed by atoms with Crippen molar-refractivity contribution < 1.29 is 4.79 Å². The molecule has 1 atom stereocenters. The zero-order valence-corrected chi connectivity index (χ0v) is 11.7. The van der Waals surface area contributed by atoms with E-state index in [-0.39, 0.29) is 12.5 Å². The van der Waals surface area contributed by atoms with E-state index in [1.807, 2.05) is 4.90 Å². The summed E-state index contributed by atoms with van der Waals surface area (Å²) < 4.78 is 1.59. The Hall–Kier alpha value is -1.47. The van der Waals surface area contributed by atoms with Crippen molar-refractivity contribution >= 4 is 5.91 Å². The van der Waals surface area contributed by atoms with Crippen molar-refractivity contribution in [3.8, 4) is 0 Å². The second kappa shape index (κ2) is 5.88. The van der Waals surface area contributed by atoms with Gasteiger partial charge in [0, 0.05) is 32.2 Å². The third-order valence-electron chi connectivity index (χ3n) is 4.25. The van der Waals surface area contributed by atoms with Crippen molar-refractivity contribution in [2.75, 3.05) is 26.2 Å². The topological polar surface area (TPSA) is 80.3 Å². The molecule has 3 heterocycles. The molecule has 3 rings (SSSR count). The zero-order valence-electron chi connectivity index (χ0n) is 11.7. The third kappa shape index (κ3) is 2.83. The SMILES string of the molecule is NCc1cn(CC(=O)N2CCCN3CCCC3C2)nn1. The molecule has 110 valence electrons. The van der Waals surface area contributed by atoms with Crippen LogP contribution in [0.2, 0.25) is 0 Å². The summed E-state index contributed by atoms with van der Waals surface area (Å²) in [5.41, 5.74) is 6.22. The Labute approximate surface area is 118 Å². The second-order valence-electron chi connectivity index (χ2n) is 5.64. The second-order valence-corrected chi connectivity index (χ2v) is 5.64. The first-order chi connectivity index (χ1) is 9.76. The fourth-order valence-corrected chi connectivity index (χ4v) is 3.18. The zero-order chi connectivity index (χ0) is 13.9. The van der Waals surface area contributed by atoms with Crippen LogP contribution in [0.4, 0.5) is 0 Å². The number of aromatic nitrogens is 3. The summed E-state index contributed by atoms with van der Waals surface area (Å²) in [6.45, 7) is 4.64. The molecule has 1 amide bonds.